The number of halogens is 4. The van der Waals surface area contributed by atoms with Crippen LogP contribution in [-0.4, -0.2) is 20.2 Å². The van der Waals surface area contributed by atoms with Crippen molar-refractivity contribution >= 4 is 55.8 Å². The molecule has 0 aliphatic rings. The molecular weight excluding hydrogens is 388 g/mol. The van der Waals surface area contributed by atoms with Gasteiger partial charge in [0.05, 0.1) is 20.6 Å². The molecule has 0 atom stereocenters. The zero-order valence-electron chi connectivity index (χ0n) is 11.3. The van der Waals surface area contributed by atoms with Gasteiger partial charge in [0, 0.05) is 0 Å². The van der Waals surface area contributed by atoms with E-state index in [1.807, 2.05) is 0 Å². The van der Waals surface area contributed by atoms with E-state index in [-0.39, 0.29) is 20.6 Å². The molecule has 4 nitrogen and oxygen atoms in total. The topological polar surface area (TPSA) is 54.5 Å². The highest BCUT2D eigenvalue weighted by Crippen LogP contribution is 2.29. The molecule has 0 amide bonds. The Hall–Kier alpha value is -1.34. The van der Waals surface area contributed by atoms with Crippen LogP contribution in [0.25, 0.3) is 0 Å². The van der Waals surface area contributed by atoms with Crippen LogP contribution < -0.4 is 4.31 Å². The minimum Gasteiger partial charge on any atom is -0.279 e. The Morgan fingerprint density at radius 1 is 1.04 bits per heavy atom. The second-order valence-electron chi connectivity index (χ2n) is 4.42. The number of rotatable bonds is 5. The molecule has 0 saturated carbocycles. The van der Waals surface area contributed by atoms with Gasteiger partial charge in [-0.15, -0.1) is 0 Å². The number of nitrogens with zero attached hydrogens (tertiary/aromatic N) is 1. The lowest BCUT2D eigenvalue weighted by atomic mass is 10.3. The molecule has 0 heterocycles. The molecule has 122 valence electrons. The number of carbonyl (C=O) groups excluding carboxylic acids is 1. The summed E-state index contributed by atoms with van der Waals surface area (Å²) >= 11 is 16.9. The molecule has 0 bridgehead atoms. The molecule has 2 rings (SSSR count). The van der Waals surface area contributed by atoms with E-state index in [0.717, 1.165) is 22.5 Å². The van der Waals surface area contributed by atoms with Gasteiger partial charge in [-0.25, -0.2) is 12.8 Å². The second-order valence-corrected chi connectivity index (χ2v) is 7.52. The van der Waals surface area contributed by atoms with E-state index in [0.29, 0.717) is 0 Å². The van der Waals surface area contributed by atoms with Crippen LogP contribution in [0, 0.1) is 5.82 Å². The Labute approximate surface area is 147 Å². The van der Waals surface area contributed by atoms with Gasteiger partial charge < -0.3 is 0 Å². The summed E-state index contributed by atoms with van der Waals surface area (Å²) in [5.41, 5.74) is 0.0893. The van der Waals surface area contributed by atoms with Gasteiger partial charge in [-0.1, -0.05) is 23.2 Å². The minimum absolute atomic E-state index is 0.0454. The third-order valence-corrected chi connectivity index (χ3v) is 5.49. The van der Waals surface area contributed by atoms with Gasteiger partial charge in [-0.05, 0) is 54.1 Å². The molecule has 0 saturated heterocycles. The largest absolute Gasteiger partial charge is 0.279 e. The minimum atomic E-state index is -4.14. The lowest BCUT2D eigenvalue weighted by molar-refractivity contribution is -0.110. The molecular formula is C14H9Cl3FNO3S. The van der Waals surface area contributed by atoms with Gasteiger partial charge in [-0.3, -0.25) is 9.10 Å². The highest BCUT2D eigenvalue weighted by molar-refractivity contribution is 7.92. The van der Waals surface area contributed by atoms with Crippen LogP contribution >= 0.6 is 34.8 Å². The van der Waals surface area contributed by atoms with E-state index in [2.05, 4.69) is 0 Å². The van der Waals surface area contributed by atoms with Crippen molar-refractivity contribution in [3.05, 3.63) is 58.3 Å². The van der Waals surface area contributed by atoms with Gasteiger partial charge in [-0.2, -0.15) is 0 Å². The second kappa shape index (κ2) is 7.05. The first-order valence-electron chi connectivity index (χ1n) is 6.13. The molecule has 2 aromatic carbocycles. The molecule has 0 aliphatic heterocycles. The first-order chi connectivity index (χ1) is 10.7. The van der Waals surface area contributed by atoms with E-state index >= 15 is 0 Å². The van der Waals surface area contributed by atoms with E-state index < -0.39 is 27.6 Å². The molecule has 23 heavy (non-hydrogen) atoms. The number of benzene rings is 2. The van der Waals surface area contributed by atoms with Crippen molar-refractivity contribution in [3.63, 3.8) is 0 Å². The molecule has 0 radical (unpaired) electrons. The van der Waals surface area contributed by atoms with Crippen molar-refractivity contribution in [3.8, 4) is 0 Å². The van der Waals surface area contributed by atoms with Gasteiger partial charge in [0.1, 0.15) is 12.4 Å². The highest BCUT2D eigenvalue weighted by atomic mass is 35.5. The van der Waals surface area contributed by atoms with E-state index in [1.165, 1.54) is 24.3 Å². The Morgan fingerprint density at radius 3 is 2.17 bits per heavy atom. The smallest absolute Gasteiger partial charge is 0.264 e. The number of anilines is 1. The molecule has 0 N–H and O–H groups in total. The van der Waals surface area contributed by atoms with Crippen molar-refractivity contribution in [1.82, 2.24) is 0 Å². The van der Waals surface area contributed by atoms with Crippen LogP contribution in [0.4, 0.5) is 10.1 Å². The highest BCUT2D eigenvalue weighted by Gasteiger charge is 2.27. The zero-order chi connectivity index (χ0) is 17.2. The third-order valence-electron chi connectivity index (χ3n) is 2.86. The average molecular weight is 397 g/mol. The van der Waals surface area contributed by atoms with Crippen molar-refractivity contribution in [1.29, 1.82) is 0 Å². The van der Waals surface area contributed by atoms with Crippen LogP contribution in [0.3, 0.4) is 0 Å². The van der Waals surface area contributed by atoms with Crippen LogP contribution in [0.5, 0.6) is 0 Å². The van der Waals surface area contributed by atoms with E-state index in [4.69, 9.17) is 34.8 Å². The van der Waals surface area contributed by atoms with Crippen molar-refractivity contribution < 1.29 is 17.6 Å². The maximum Gasteiger partial charge on any atom is 0.264 e. The molecule has 0 unspecified atom stereocenters. The lowest BCUT2D eigenvalue weighted by Gasteiger charge is -2.23. The number of sulfonamides is 1. The SMILES string of the molecule is O=C(Cl)CN(c1ccc(F)cc1)S(=O)(=O)c1ccc(Cl)c(Cl)c1. The fourth-order valence-corrected chi connectivity index (χ4v) is 3.80. The van der Waals surface area contributed by atoms with Crippen LogP contribution in [0.2, 0.25) is 10.0 Å². The molecule has 9 heteroatoms. The Kier molecular flexibility index (Phi) is 5.52. The zero-order valence-corrected chi connectivity index (χ0v) is 14.4. The van der Waals surface area contributed by atoms with Crippen molar-refractivity contribution in [2.75, 3.05) is 10.8 Å². The average Bonchev–Trinajstić information content (AvgIpc) is 2.48. The lowest BCUT2D eigenvalue weighted by Crippen LogP contribution is -2.34. The van der Waals surface area contributed by atoms with Gasteiger partial charge >= 0.3 is 0 Å². The van der Waals surface area contributed by atoms with Gasteiger partial charge in [0.15, 0.2) is 0 Å². The quantitative estimate of drug-likeness (QED) is 0.715. The maximum atomic E-state index is 13.0. The summed E-state index contributed by atoms with van der Waals surface area (Å²) in [7, 11) is -4.14. The number of hydrogen-bond donors (Lipinski definition) is 0. The third kappa shape index (κ3) is 4.14. The van der Waals surface area contributed by atoms with Gasteiger partial charge in [0.2, 0.25) is 5.24 Å². The Balaban J connectivity index is 2.54. The first-order valence-corrected chi connectivity index (χ1v) is 8.71. The van der Waals surface area contributed by atoms with Crippen molar-refractivity contribution in [2.45, 2.75) is 4.90 Å². The Bertz CT molecular complexity index is 841. The van der Waals surface area contributed by atoms with Gasteiger partial charge in [0.25, 0.3) is 10.0 Å². The maximum absolute atomic E-state index is 13.0. The molecule has 2 aromatic rings. The summed E-state index contributed by atoms with van der Waals surface area (Å²) in [4.78, 5) is 11.1. The van der Waals surface area contributed by atoms with E-state index in [1.54, 1.807) is 0 Å². The number of hydrogen-bond acceptors (Lipinski definition) is 3. The summed E-state index contributed by atoms with van der Waals surface area (Å²) in [5.74, 6) is -0.544. The number of carbonyl (C=O) groups is 1. The fraction of sp³-hybridized carbons (Fsp3) is 0.0714. The van der Waals surface area contributed by atoms with Crippen molar-refractivity contribution in [2.24, 2.45) is 0 Å². The van der Waals surface area contributed by atoms with Crippen LogP contribution in [-0.2, 0) is 14.8 Å². The first kappa shape index (κ1) is 18.0. The molecule has 0 aromatic heterocycles. The molecule has 0 aliphatic carbocycles. The van der Waals surface area contributed by atoms with Crippen LogP contribution in [0.15, 0.2) is 47.4 Å². The fourth-order valence-electron chi connectivity index (χ4n) is 1.80. The van der Waals surface area contributed by atoms with E-state index in [9.17, 15) is 17.6 Å². The van der Waals surface area contributed by atoms with Crippen LogP contribution in [0.1, 0.15) is 0 Å². The summed E-state index contributed by atoms with van der Waals surface area (Å²) in [6.45, 7) is -0.615. The summed E-state index contributed by atoms with van der Waals surface area (Å²) in [6, 6.07) is 8.33. The normalized spacial score (nSPS) is 11.3. The predicted octanol–water partition coefficient (Wildman–Crippen LogP) is 4.09. The summed E-state index contributed by atoms with van der Waals surface area (Å²) in [5, 5.41) is -0.658. The summed E-state index contributed by atoms with van der Waals surface area (Å²) < 4.78 is 39.3. The molecule has 0 spiro atoms. The molecule has 0 fully saturated rings. The predicted molar refractivity (Wildman–Crippen MR) is 88.3 cm³/mol. The monoisotopic (exact) mass is 395 g/mol. The standard InChI is InChI=1S/C14H9Cl3FNO3S/c15-12-6-5-11(7-13(12)16)23(21,22)19(8-14(17)20)10-3-1-9(18)2-4-10/h1-7H,8H2. The Morgan fingerprint density at radius 2 is 1.65 bits per heavy atom. The summed E-state index contributed by atoms with van der Waals surface area (Å²) in [6.07, 6.45) is 0.